The summed E-state index contributed by atoms with van der Waals surface area (Å²) in [7, 11) is 1.84. The van der Waals surface area contributed by atoms with Gasteiger partial charge in [0.25, 0.3) is 0 Å². The molecule has 5 nitrogen and oxygen atoms in total. The van der Waals surface area contributed by atoms with Gasteiger partial charge in [0.2, 0.25) is 5.91 Å². The third-order valence-electron chi connectivity index (χ3n) is 3.87. The fourth-order valence-corrected chi connectivity index (χ4v) is 2.65. The number of nitrogens with zero attached hydrogens (tertiary/aromatic N) is 2. The van der Waals surface area contributed by atoms with Gasteiger partial charge in [0, 0.05) is 44.6 Å². The van der Waals surface area contributed by atoms with Gasteiger partial charge in [-0.2, -0.15) is 0 Å². The Kier molecular flexibility index (Phi) is 3.40. The van der Waals surface area contributed by atoms with Crippen molar-refractivity contribution in [3.05, 3.63) is 23.8 Å². The van der Waals surface area contributed by atoms with Crippen molar-refractivity contribution in [2.24, 2.45) is 0 Å². The van der Waals surface area contributed by atoms with Crippen LogP contribution in [0.3, 0.4) is 0 Å². The minimum Gasteiger partial charge on any atom is -0.372 e. The Labute approximate surface area is 113 Å². The van der Waals surface area contributed by atoms with E-state index in [1.807, 2.05) is 13.1 Å². The molecule has 2 aliphatic heterocycles. The molecule has 0 aliphatic carbocycles. The molecule has 0 spiro atoms. The van der Waals surface area contributed by atoms with Crippen LogP contribution in [0.15, 0.2) is 18.2 Å². The van der Waals surface area contributed by atoms with Gasteiger partial charge < -0.3 is 15.5 Å². The Bertz CT molecular complexity index is 482. The second-order valence-electron chi connectivity index (χ2n) is 5.18. The zero-order valence-electron chi connectivity index (χ0n) is 11.3. The highest BCUT2D eigenvalue weighted by atomic mass is 16.2. The molecule has 5 heteroatoms. The smallest absolute Gasteiger partial charge is 0.231 e. The number of amides is 1. The molecule has 2 N–H and O–H groups in total. The van der Waals surface area contributed by atoms with Crippen molar-refractivity contribution in [1.29, 1.82) is 0 Å². The Hall–Kier alpha value is -1.59. The van der Waals surface area contributed by atoms with Gasteiger partial charge in [-0.25, -0.2) is 0 Å². The SMILES string of the molecule is CN1C(=O)Cc2cc(NCN3CCNCC3)ccc21. The number of carbonyl (C=O) groups excluding carboxylic acids is 1. The molecule has 2 heterocycles. The third-order valence-corrected chi connectivity index (χ3v) is 3.87. The second kappa shape index (κ2) is 5.19. The Morgan fingerprint density at radius 3 is 2.89 bits per heavy atom. The van der Waals surface area contributed by atoms with E-state index in [4.69, 9.17) is 0 Å². The molecule has 0 atom stereocenters. The first kappa shape index (κ1) is 12.4. The largest absolute Gasteiger partial charge is 0.372 e. The molecule has 0 aromatic heterocycles. The molecule has 1 amide bonds. The number of piperazine rings is 1. The van der Waals surface area contributed by atoms with Gasteiger partial charge in [0.05, 0.1) is 13.1 Å². The molecule has 19 heavy (non-hydrogen) atoms. The van der Waals surface area contributed by atoms with Crippen molar-refractivity contribution in [2.45, 2.75) is 6.42 Å². The van der Waals surface area contributed by atoms with Crippen LogP contribution in [0, 0.1) is 0 Å². The molecule has 0 radical (unpaired) electrons. The van der Waals surface area contributed by atoms with E-state index in [0.717, 1.165) is 49.8 Å². The predicted octanol–water partition coefficient (Wildman–Crippen LogP) is 0.480. The second-order valence-corrected chi connectivity index (χ2v) is 5.18. The lowest BCUT2D eigenvalue weighted by Gasteiger charge is -2.27. The van der Waals surface area contributed by atoms with Gasteiger partial charge in [0.1, 0.15) is 0 Å². The summed E-state index contributed by atoms with van der Waals surface area (Å²) in [6.07, 6.45) is 0.523. The zero-order chi connectivity index (χ0) is 13.2. The van der Waals surface area contributed by atoms with E-state index >= 15 is 0 Å². The molecule has 0 saturated carbocycles. The normalized spacial score (nSPS) is 19.6. The predicted molar refractivity (Wildman–Crippen MR) is 76.5 cm³/mol. The van der Waals surface area contributed by atoms with E-state index in [1.165, 1.54) is 0 Å². The molecule has 1 saturated heterocycles. The minimum atomic E-state index is 0.175. The molecule has 1 aromatic carbocycles. The molecular formula is C14H20N4O. The van der Waals surface area contributed by atoms with Gasteiger partial charge in [-0.15, -0.1) is 0 Å². The van der Waals surface area contributed by atoms with Crippen molar-refractivity contribution in [2.75, 3.05) is 50.1 Å². The maximum absolute atomic E-state index is 11.6. The number of hydrogen-bond donors (Lipinski definition) is 2. The summed E-state index contributed by atoms with van der Waals surface area (Å²) >= 11 is 0. The summed E-state index contributed by atoms with van der Waals surface area (Å²) in [5, 5.41) is 6.79. The number of fused-ring (bicyclic) bond motifs is 1. The topological polar surface area (TPSA) is 47.6 Å². The first-order chi connectivity index (χ1) is 9.24. The monoisotopic (exact) mass is 260 g/mol. The summed E-state index contributed by atoms with van der Waals surface area (Å²) in [6.45, 7) is 5.15. The van der Waals surface area contributed by atoms with E-state index in [9.17, 15) is 4.79 Å². The minimum absolute atomic E-state index is 0.175. The molecule has 2 aliphatic rings. The summed E-state index contributed by atoms with van der Waals surface area (Å²) < 4.78 is 0. The van der Waals surface area contributed by atoms with Crippen LogP contribution in [0.2, 0.25) is 0 Å². The summed E-state index contributed by atoms with van der Waals surface area (Å²) in [5.41, 5.74) is 3.26. The Balaban J connectivity index is 1.63. The highest BCUT2D eigenvalue weighted by Crippen LogP contribution is 2.29. The maximum Gasteiger partial charge on any atom is 0.231 e. The van der Waals surface area contributed by atoms with E-state index in [-0.39, 0.29) is 5.91 Å². The van der Waals surface area contributed by atoms with E-state index < -0.39 is 0 Å². The standard InChI is InChI=1S/C14H20N4O/c1-17-13-3-2-12(8-11(13)9-14(17)19)16-10-18-6-4-15-5-7-18/h2-3,8,15-16H,4-7,9-10H2,1H3. The van der Waals surface area contributed by atoms with E-state index in [2.05, 4.69) is 27.7 Å². The van der Waals surface area contributed by atoms with Crippen molar-refractivity contribution >= 4 is 17.3 Å². The van der Waals surface area contributed by atoms with Crippen LogP contribution in [-0.4, -0.2) is 50.7 Å². The van der Waals surface area contributed by atoms with Gasteiger partial charge in [-0.05, 0) is 23.8 Å². The highest BCUT2D eigenvalue weighted by molar-refractivity contribution is 6.01. The first-order valence-corrected chi connectivity index (χ1v) is 6.80. The lowest BCUT2D eigenvalue weighted by atomic mass is 10.1. The molecule has 102 valence electrons. The number of hydrogen-bond acceptors (Lipinski definition) is 4. The number of benzene rings is 1. The molecule has 3 rings (SSSR count). The summed E-state index contributed by atoms with van der Waals surface area (Å²) in [6, 6.07) is 6.18. The summed E-state index contributed by atoms with van der Waals surface area (Å²) in [5.74, 6) is 0.175. The van der Waals surface area contributed by atoms with Crippen molar-refractivity contribution in [3.8, 4) is 0 Å². The van der Waals surface area contributed by atoms with E-state index in [0.29, 0.717) is 6.42 Å². The van der Waals surface area contributed by atoms with Gasteiger partial charge in [-0.1, -0.05) is 0 Å². The number of anilines is 2. The van der Waals surface area contributed by atoms with Crippen molar-refractivity contribution in [3.63, 3.8) is 0 Å². The Morgan fingerprint density at radius 1 is 1.32 bits per heavy atom. The van der Waals surface area contributed by atoms with Gasteiger partial charge in [0.15, 0.2) is 0 Å². The van der Waals surface area contributed by atoms with Crippen LogP contribution in [0.4, 0.5) is 11.4 Å². The number of rotatable bonds is 3. The quantitative estimate of drug-likeness (QED) is 0.830. The average Bonchev–Trinajstić information content (AvgIpc) is 2.73. The average molecular weight is 260 g/mol. The summed E-state index contributed by atoms with van der Waals surface area (Å²) in [4.78, 5) is 15.8. The van der Waals surface area contributed by atoms with Crippen LogP contribution in [0.25, 0.3) is 0 Å². The number of carbonyl (C=O) groups is 1. The fraction of sp³-hybridized carbons (Fsp3) is 0.500. The molecular weight excluding hydrogens is 240 g/mol. The van der Waals surface area contributed by atoms with Crippen LogP contribution in [-0.2, 0) is 11.2 Å². The van der Waals surface area contributed by atoms with Crippen molar-refractivity contribution < 1.29 is 4.79 Å². The maximum atomic E-state index is 11.6. The molecule has 0 bridgehead atoms. The van der Waals surface area contributed by atoms with Crippen LogP contribution < -0.4 is 15.5 Å². The zero-order valence-corrected chi connectivity index (χ0v) is 11.3. The first-order valence-electron chi connectivity index (χ1n) is 6.80. The lowest BCUT2D eigenvalue weighted by Crippen LogP contribution is -2.45. The van der Waals surface area contributed by atoms with Gasteiger partial charge in [-0.3, -0.25) is 9.69 Å². The van der Waals surface area contributed by atoms with Crippen LogP contribution in [0.1, 0.15) is 5.56 Å². The van der Waals surface area contributed by atoms with Gasteiger partial charge >= 0.3 is 0 Å². The highest BCUT2D eigenvalue weighted by Gasteiger charge is 2.23. The number of nitrogens with one attached hydrogen (secondary N) is 2. The third kappa shape index (κ3) is 2.57. The molecule has 0 unspecified atom stereocenters. The fourth-order valence-electron chi connectivity index (χ4n) is 2.65. The van der Waals surface area contributed by atoms with Crippen LogP contribution >= 0.6 is 0 Å². The molecule has 1 fully saturated rings. The molecule has 1 aromatic rings. The van der Waals surface area contributed by atoms with Crippen LogP contribution in [0.5, 0.6) is 0 Å². The number of likely N-dealkylation sites (N-methyl/N-ethyl adjacent to an activating group) is 1. The lowest BCUT2D eigenvalue weighted by molar-refractivity contribution is -0.117. The Morgan fingerprint density at radius 2 is 2.11 bits per heavy atom. The van der Waals surface area contributed by atoms with E-state index in [1.54, 1.807) is 4.90 Å². The van der Waals surface area contributed by atoms with Crippen molar-refractivity contribution in [1.82, 2.24) is 10.2 Å².